The molecular weight excluding hydrogens is 305 g/mol. The second-order valence-corrected chi connectivity index (χ2v) is 5.93. The fraction of sp³-hybridized carbons (Fsp3) is 0.188. The summed E-state index contributed by atoms with van der Waals surface area (Å²) < 4.78 is 0. The molecule has 0 aliphatic heterocycles. The van der Waals surface area contributed by atoms with Gasteiger partial charge in [0.25, 0.3) is 0 Å². The minimum atomic E-state index is 0.0534. The summed E-state index contributed by atoms with van der Waals surface area (Å²) in [7, 11) is 0. The van der Waals surface area contributed by atoms with Gasteiger partial charge in [-0.25, -0.2) is 4.98 Å². The summed E-state index contributed by atoms with van der Waals surface area (Å²) in [5, 5.41) is 4.83. The van der Waals surface area contributed by atoms with Crippen molar-refractivity contribution in [3.8, 4) is 0 Å². The van der Waals surface area contributed by atoms with Gasteiger partial charge in [-0.05, 0) is 55.8 Å². The summed E-state index contributed by atoms with van der Waals surface area (Å²) in [4.78, 5) is 7.63. The third-order valence-corrected chi connectivity index (χ3v) is 3.99. The molecule has 2 aromatic carbocycles. The van der Waals surface area contributed by atoms with Crippen molar-refractivity contribution in [2.45, 2.75) is 19.9 Å². The van der Waals surface area contributed by atoms with Crippen LogP contribution in [0.25, 0.3) is 11.0 Å². The molecule has 0 saturated heterocycles. The van der Waals surface area contributed by atoms with Gasteiger partial charge in [-0.2, -0.15) is 0 Å². The first-order valence-corrected chi connectivity index (χ1v) is 7.46. The van der Waals surface area contributed by atoms with Crippen LogP contribution in [0, 0.1) is 6.92 Å². The Morgan fingerprint density at radius 1 is 1.14 bits per heavy atom. The van der Waals surface area contributed by atoms with E-state index in [0.29, 0.717) is 10.0 Å². The number of nitrogens with zero attached hydrogens (tertiary/aromatic N) is 1. The molecule has 1 unspecified atom stereocenters. The summed E-state index contributed by atoms with van der Waals surface area (Å²) in [6.45, 7) is 4.00. The molecule has 2 N–H and O–H groups in total. The Hall–Kier alpha value is -1.71. The van der Waals surface area contributed by atoms with Crippen molar-refractivity contribution in [1.82, 2.24) is 9.97 Å². The largest absolute Gasteiger partial charge is 0.378 e. The topological polar surface area (TPSA) is 40.7 Å². The van der Waals surface area contributed by atoms with Crippen molar-refractivity contribution in [1.29, 1.82) is 0 Å². The average molecular weight is 320 g/mol. The third kappa shape index (κ3) is 2.99. The van der Waals surface area contributed by atoms with E-state index in [0.717, 1.165) is 28.1 Å². The maximum absolute atomic E-state index is 6.24. The van der Waals surface area contributed by atoms with Crippen LogP contribution in [0.3, 0.4) is 0 Å². The Balaban J connectivity index is 1.88. The number of nitrogens with one attached hydrogen (secondary N) is 2. The zero-order chi connectivity index (χ0) is 15.0. The Kier molecular flexibility index (Phi) is 3.79. The predicted molar refractivity (Wildman–Crippen MR) is 89.3 cm³/mol. The smallest absolute Gasteiger partial charge is 0.104 e. The second kappa shape index (κ2) is 5.58. The van der Waals surface area contributed by atoms with Gasteiger partial charge in [0.1, 0.15) is 5.82 Å². The fourth-order valence-electron chi connectivity index (χ4n) is 2.40. The Morgan fingerprint density at radius 3 is 2.76 bits per heavy atom. The maximum atomic E-state index is 6.24. The van der Waals surface area contributed by atoms with E-state index in [-0.39, 0.29) is 6.04 Å². The number of hydrogen-bond acceptors (Lipinski definition) is 2. The lowest BCUT2D eigenvalue weighted by Crippen LogP contribution is -2.07. The number of aromatic nitrogens is 2. The van der Waals surface area contributed by atoms with Gasteiger partial charge in [-0.15, -0.1) is 0 Å². The van der Waals surface area contributed by atoms with Gasteiger partial charge >= 0.3 is 0 Å². The standard InChI is InChI=1S/C16H15Cl2N3/c1-9(13-7-11(17)3-5-14(13)18)19-12-4-6-15-16(8-12)21-10(2)20-15/h3-9,19H,1-2H3,(H,20,21). The highest BCUT2D eigenvalue weighted by atomic mass is 35.5. The monoisotopic (exact) mass is 319 g/mol. The number of hydrogen-bond donors (Lipinski definition) is 2. The van der Waals surface area contributed by atoms with Crippen LogP contribution in [0.15, 0.2) is 36.4 Å². The summed E-state index contributed by atoms with van der Waals surface area (Å²) >= 11 is 12.3. The lowest BCUT2D eigenvalue weighted by Gasteiger charge is -2.17. The molecule has 3 rings (SSSR count). The molecule has 3 aromatic rings. The quantitative estimate of drug-likeness (QED) is 0.683. The number of aromatic amines is 1. The maximum Gasteiger partial charge on any atom is 0.104 e. The molecule has 108 valence electrons. The Labute approximate surface area is 133 Å². The second-order valence-electron chi connectivity index (χ2n) is 5.09. The van der Waals surface area contributed by atoms with Gasteiger partial charge in [0, 0.05) is 15.7 Å². The van der Waals surface area contributed by atoms with Crippen LogP contribution in [0.5, 0.6) is 0 Å². The fourth-order valence-corrected chi connectivity index (χ4v) is 2.86. The lowest BCUT2D eigenvalue weighted by molar-refractivity contribution is 0.885. The molecule has 5 heteroatoms. The van der Waals surface area contributed by atoms with Crippen molar-refractivity contribution >= 4 is 39.9 Å². The van der Waals surface area contributed by atoms with Crippen molar-refractivity contribution in [2.75, 3.05) is 5.32 Å². The van der Waals surface area contributed by atoms with Crippen molar-refractivity contribution in [3.05, 3.63) is 57.8 Å². The highest BCUT2D eigenvalue weighted by molar-refractivity contribution is 6.33. The van der Waals surface area contributed by atoms with E-state index >= 15 is 0 Å². The Morgan fingerprint density at radius 2 is 1.95 bits per heavy atom. The molecule has 0 spiro atoms. The van der Waals surface area contributed by atoms with Crippen LogP contribution in [-0.2, 0) is 0 Å². The van der Waals surface area contributed by atoms with Crippen LogP contribution >= 0.6 is 23.2 Å². The zero-order valence-electron chi connectivity index (χ0n) is 11.7. The normalized spacial score (nSPS) is 12.6. The van der Waals surface area contributed by atoms with E-state index in [9.17, 15) is 0 Å². The van der Waals surface area contributed by atoms with Crippen LogP contribution in [0.1, 0.15) is 24.4 Å². The van der Waals surface area contributed by atoms with E-state index in [2.05, 4.69) is 22.2 Å². The van der Waals surface area contributed by atoms with E-state index in [4.69, 9.17) is 23.2 Å². The molecule has 1 atom stereocenters. The average Bonchev–Trinajstić information content (AvgIpc) is 2.80. The molecule has 21 heavy (non-hydrogen) atoms. The summed E-state index contributed by atoms with van der Waals surface area (Å²) in [5.74, 6) is 0.910. The lowest BCUT2D eigenvalue weighted by atomic mass is 10.1. The number of rotatable bonds is 3. The number of imidazole rings is 1. The van der Waals surface area contributed by atoms with Gasteiger partial charge in [-0.1, -0.05) is 23.2 Å². The first-order valence-electron chi connectivity index (χ1n) is 6.71. The van der Waals surface area contributed by atoms with E-state index in [1.165, 1.54) is 0 Å². The number of benzene rings is 2. The molecule has 0 amide bonds. The minimum absolute atomic E-state index is 0.0534. The van der Waals surface area contributed by atoms with Gasteiger partial charge in [-0.3, -0.25) is 0 Å². The van der Waals surface area contributed by atoms with Gasteiger partial charge < -0.3 is 10.3 Å². The third-order valence-electron chi connectivity index (χ3n) is 3.41. The van der Waals surface area contributed by atoms with Crippen molar-refractivity contribution in [3.63, 3.8) is 0 Å². The molecule has 0 aliphatic rings. The number of aryl methyl sites for hydroxylation is 1. The molecule has 1 aromatic heterocycles. The summed E-state index contributed by atoms with van der Waals surface area (Å²) in [6, 6.07) is 11.6. The van der Waals surface area contributed by atoms with Crippen molar-refractivity contribution in [2.24, 2.45) is 0 Å². The van der Waals surface area contributed by atoms with E-state index in [1.807, 2.05) is 37.3 Å². The van der Waals surface area contributed by atoms with Crippen LogP contribution < -0.4 is 5.32 Å². The Bertz CT molecular complexity index is 795. The van der Waals surface area contributed by atoms with Gasteiger partial charge in [0.15, 0.2) is 0 Å². The molecule has 1 heterocycles. The highest BCUT2D eigenvalue weighted by Gasteiger charge is 2.11. The number of halogens is 2. The zero-order valence-corrected chi connectivity index (χ0v) is 13.3. The molecule has 3 nitrogen and oxygen atoms in total. The first-order chi connectivity index (χ1) is 10.0. The predicted octanol–water partition coefficient (Wildman–Crippen LogP) is 5.35. The molecule has 0 aliphatic carbocycles. The highest BCUT2D eigenvalue weighted by Crippen LogP contribution is 2.29. The van der Waals surface area contributed by atoms with Crippen LogP contribution in [-0.4, -0.2) is 9.97 Å². The number of anilines is 1. The molecule has 0 saturated carbocycles. The first kappa shape index (κ1) is 14.2. The van der Waals surface area contributed by atoms with Crippen molar-refractivity contribution < 1.29 is 0 Å². The summed E-state index contributed by atoms with van der Waals surface area (Å²) in [6.07, 6.45) is 0. The molecule has 0 radical (unpaired) electrons. The minimum Gasteiger partial charge on any atom is -0.378 e. The van der Waals surface area contributed by atoms with E-state index < -0.39 is 0 Å². The van der Waals surface area contributed by atoms with E-state index in [1.54, 1.807) is 6.07 Å². The molecular formula is C16H15Cl2N3. The van der Waals surface area contributed by atoms with Crippen LogP contribution in [0.4, 0.5) is 5.69 Å². The SMILES string of the molecule is Cc1nc2ccc(NC(C)c3cc(Cl)ccc3Cl)cc2[nH]1. The number of H-pyrrole nitrogens is 1. The van der Waals surface area contributed by atoms with Gasteiger partial charge in [0.05, 0.1) is 17.1 Å². The van der Waals surface area contributed by atoms with Crippen LogP contribution in [0.2, 0.25) is 10.0 Å². The van der Waals surface area contributed by atoms with Gasteiger partial charge in [0.2, 0.25) is 0 Å². The summed E-state index contributed by atoms with van der Waals surface area (Å²) in [5.41, 5.74) is 3.97. The molecule has 0 bridgehead atoms. The number of fused-ring (bicyclic) bond motifs is 1. The molecule has 0 fully saturated rings.